The molecule has 0 radical (unpaired) electrons. The Bertz CT molecular complexity index is 624. The molecule has 7 nitrogen and oxygen atoms in total. The third-order valence-electron chi connectivity index (χ3n) is 2.76. The van der Waals surface area contributed by atoms with Crippen LogP contribution in [0.2, 0.25) is 0 Å². The Morgan fingerprint density at radius 2 is 1.80 bits per heavy atom. The van der Waals surface area contributed by atoms with E-state index in [1.165, 1.54) is 25.1 Å². The molecular weight excluding hydrogens is 350 g/mol. The Morgan fingerprint density at radius 3 is 2.32 bits per heavy atom. The van der Waals surface area contributed by atoms with Crippen molar-refractivity contribution in [1.82, 2.24) is 0 Å². The van der Waals surface area contributed by atoms with Gasteiger partial charge in [-0.3, -0.25) is 9.59 Å². The Labute approximate surface area is 153 Å². The number of Topliss-reactive ketones (excluding diaryl/α,β-unsaturated/α-hetero) is 1. The van der Waals surface area contributed by atoms with Crippen molar-refractivity contribution in [1.29, 1.82) is 0 Å². The molecular formula is C17H24ClNO6. The zero-order chi connectivity index (χ0) is 18.3. The molecule has 0 amide bonds. The molecule has 0 heterocycles. The van der Waals surface area contributed by atoms with E-state index in [4.69, 9.17) is 19.9 Å². The van der Waals surface area contributed by atoms with Crippen LogP contribution in [0.5, 0.6) is 5.75 Å². The van der Waals surface area contributed by atoms with Crippen LogP contribution >= 0.6 is 12.4 Å². The van der Waals surface area contributed by atoms with E-state index >= 15 is 0 Å². The monoisotopic (exact) mass is 373 g/mol. The van der Waals surface area contributed by atoms with E-state index in [9.17, 15) is 14.4 Å². The maximum Gasteiger partial charge on any atom is 0.344 e. The van der Waals surface area contributed by atoms with E-state index in [0.717, 1.165) is 0 Å². The van der Waals surface area contributed by atoms with Crippen LogP contribution in [0.3, 0.4) is 0 Å². The molecule has 8 heteroatoms. The SMILES string of the molecule is CC(=O)OCc1cc(C(=O)CN)ccc1OCC(=O)OC(C)(C)C.Cl. The molecule has 0 unspecified atom stereocenters. The molecule has 1 rings (SSSR count). The lowest BCUT2D eigenvalue weighted by Crippen LogP contribution is -2.27. The van der Waals surface area contributed by atoms with E-state index in [2.05, 4.69) is 0 Å². The Hall–Kier alpha value is -2.12. The maximum atomic E-state index is 11.7. The summed E-state index contributed by atoms with van der Waals surface area (Å²) in [5.74, 6) is -0.917. The topological polar surface area (TPSA) is 105 Å². The van der Waals surface area contributed by atoms with Crippen LogP contribution in [0.1, 0.15) is 43.6 Å². The van der Waals surface area contributed by atoms with Gasteiger partial charge in [-0.15, -0.1) is 12.4 Å². The highest BCUT2D eigenvalue weighted by atomic mass is 35.5. The molecule has 0 spiro atoms. The molecule has 0 aliphatic rings. The smallest absolute Gasteiger partial charge is 0.344 e. The second kappa shape index (κ2) is 10.0. The molecule has 0 aromatic heterocycles. The largest absolute Gasteiger partial charge is 0.481 e. The molecule has 140 valence electrons. The van der Waals surface area contributed by atoms with Crippen molar-refractivity contribution in [2.75, 3.05) is 13.2 Å². The number of ketones is 1. The van der Waals surface area contributed by atoms with Crippen molar-refractivity contribution in [3.8, 4) is 5.75 Å². The first-order chi connectivity index (χ1) is 11.1. The van der Waals surface area contributed by atoms with Crippen LogP contribution < -0.4 is 10.5 Å². The van der Waals surface area contributed by atoms with Gasteiger partial charge in [0.05, 0.1) is 6.54 Å². The van der Waals surface area contributed by atoms with Crippen molar-refractivity contribution < 1.29 is 28.6 Å². The molecule has 0 bridgehead atoms. The fraction of sp³-hybridized carbons (Fsp3) is 0.471. The van der Waals surface area contributed by atoms with Crippen molar-refractivity contribution in [2.24, 2.45) is 5.73 Å². The number of carbonyl (C=O) groups excluding carboxylic acids is 3. The lowest BCUT2D eigenvalue weighted by molar-refractivity contribution is -0.157. The van der Waals surface area contributed by atoms with Crippen LogP contribution in [0.4, 0.5) is 0 Å². The Kier molecular flexibility index (Phi) is 9.16. The number of nitrogens with two attached hydrogens (primary N) is 1. The number of rotatable bonds is 7. The Balaban J connectivity index is 0.00000576. The van der Waals surface area contributed by atoms with Gasteiger partial charge in [-0.1, -0.05) is 0 Å². The van der Waals surface area contributed by atoms with Gasteiger partial charge in [0.1, 0.15) is 18.0 Å². The first-order valence-corrected chi connectivity index (χ1v) is 7.46. The quantitative estimate of drug-likeness (QED) is 0.575. The Morgan fingerprint density at radius 1 is 1.16 bits per heavy atom. The summed E-state index contributed by atoms with van der Waals surface area (Å²) >= 11 is 0. The van der Waals surface area contributed by atoms with Crippen LogP contribution in [-0.2, 0) is 25.7 Å². The van der Waals surface area contributed by atoms with Gasteiger partial charge in [-0.25, -0.2) is 4.79 Å². The van der Waals surface area contributed by atoms with Gasteiger partial charge in [-0.05, 0) is 39.0 Å². The highest BCUT2D eigenvalue weighted by molar-refractivity contribution is 5.97. The molecule has 2 N–H and O–H groups in total. The number of esters is 2. The first kappa shape index (κ1) is 22.9. The molecule has 0 saturated carbocycles. The summed E-state index contributed by atoms with van der Waals surface area (Å²) in [7, 11) is 0. The number of halogens is 1. The van der Waals surface area contributed by atoms with Crippen LogP contribution in [-0.4, -0.2) is 36.5 Å². The third kappa shape index (κ3) is 8.51. The number of benzene rings is 1. The molecule has 1 aromatic carbocycles. The highest BCUT2D eigenvalue weighted by Crippen LogP contribution is 2.22. The van der Waals surface area contributed by atoms with E-state index in [1.807, 2.05) is 0 Å². The summed E-state index contributed by atoms with van der Waals surface area (Å²) < 4.78 is 15.5. The average molecular weight is 374 g/mol. The predicted octanol–water partition coefficient (Wildman–Crippen LogP) is 2.03. The van der Waals surface area contributed by atoms with E-state index in [-0.39, 0.29) is 37.9 Å². The van der Waals surface area contributed by atoms with Crippen molar-refractivity contribution in [3.05, 3.63) is 29.3 Å². The maximum absolute atomic E-state index is 11.7. The number of carbonyl (C=O) groups is 3. The molecule has 0 aliphatic heterocycles. The van der Waals surface area contributed by atoms with Gasteiger partial charge in [0.25, 0.3) is 0 Å². The fourth-order valence-electron chi connectivity index (χ4n) is 1.81. The minimum atomic E-state index is -0.613. The lowest BCUT2D eigenvalue weighted by atomic mass is 10.1. The predicted molar refractivity (Wildman–Crippen MR) is 93.9 cm³/mol. The molecule has 25 heavy (non-hydrogen) atoms. The molecule has 0 fully saturated rings. The summed E-state index contributed by atoms with van der Waals surface area (Å²) in [5.41, 5.74) is 5.58. The summed E-state index contributed by atoms with van der Waals surface area (Å²) in [6.07, 6.45) is 0. The van der Waals surface area contributed by atoms with Crippen LogP contribution in [0, 0.1) is 0 Å². The summed E-state index contributed by atoms with van der Waals surface area (Å²) in [6, 6.07) is 4.60. The van der Waals surface area contributed by atoms with Gasteiger partial charge >= 0.3 is 11.9 Å². The second-order valence-corrected chi connectivity index (χ2v) is 6.11. The molecule has 0 saturated heterocycles. The van der Waals surface area contributed by atoms with Crippen molar-refractivity contribution in [2.45, 2.75) is 39.9 Å². The first-order valence-electron chi connectivity index (χ1n) is 7.46. The minimum absolute atomic E-state index is 0. The van der Waals surface area contributed by atoms with Crippen molar-refractivity contribution in [3.63, 3.8) is 0 Å². The van der Waals surface area contributed by atoms with Gasteiger partial charge in [0.15, 0.2) is 12.4 Å². The number of hydrogen-bond acceptors (Lipinski definition) is 7. The fourth-order valence-corrected chi connectivity index (χ4v) is 1.81. The zero-order valence-electron chi connectivity index (χ0n) is 14.8. The standard InChI is InChI=1S/C17H23NO6.ClH/c1-11(19)22-9-13-7-12(14(20)8-18)5-6-15(13)23-10-16(21)24-17(2,3)4;/h5-7H,8-10,18H2,1-4H3;1H. The van der Waals surface area contributed by atoms with Gasteiger partial charge < -0.3 is 19.9 Å². The molecule has 0 atom stereocenters. The summed E-state index contributed by atoms with van der Waals surface area (Å²) in [4.78, 5) is 34.4. The minimum Gasteiger partial charge on any atom is -0.481 e. The second-order valence-electron chi connectivity index (χ2n) is 6.11. The van der Waals surface area contributed by atoms with Crippen LogP contribution in [0.15, 0.2) is 18.2 Å². The summed E-state index contributed by atoms with van der Waals surface area (Å²) in [6.45, 7) is 6.03. The van der Waals surface area contributed by atoms with E-state index in [0.29, 0.717) is 16.9 Å². The van der Waals surface area contributed by atoms with Gasteiger partial charge in [0, 0.05) is 18.1 Å². The molecule has 1 aromatic rings. The highest BCUT2D eigenvalue weighted by Gasteiger charge is 2.18. The lowest BCUT2D eigenvalue weighted by Gasteiger charge is -2.20. The number of ether oxygens (including phenoxy) is 3. The normalized spacial score (nSPS) is 10.4. The van der Waals surface area contributed by atoms with E-state index < -0.39 is 17.5 Å². The average Bonchev–Trinajstić information content (AvgIpc) is 2.48. The van der Waals surface area contributed by atoms with Crippen LogP contribution in [0.25, 0.3) is 0 Å². The van der Waals surface area contributed by atoms with Crippen molar-refractivity contribution >= 4 is 30.1 Å². The zero-order valence-corrected chi connectivity index (χ0v) is 15.6. The third-order valence-corrected chi connectivity index (χ3v) is 2.76. The summed E-state index contributed by atoms with van der Waals surface area (Å²) in [5, 5.41) is 0. The number of hydrogen-bond donors (Lipinski definition) is 1. The molecule has 0 aliphatic carbocycles. The van der Waals surface area contributed by atoms with E-state index in [1.54, 1.807) is 20.8 Å². The van der Waals surface area contributed by atoms with Gasteiger partial charge in [-0.2, -0.15) is 0 Å². The van der Waals surface area contributed by atoms with Gasteiger partial charge in [0.2, 0.25) is 0 Å².